The molecule has 0 radical (unpaired) electrons. The number of nitrogens with one attached hydrogen (secondary N) is 1. The van der Waals surface area contributed by atoms with Crippen molar-refractivity contribution in [1.82, 2.24) is 15.3 Å². The number of ether oxygens (including phenoxy) is 1. The monoisotopic (exact) mass is 574 g/mol. The molecule has 1 aliphatic heterocycles. The number of hydrogen-bond donors (Lipinski definition) is 2. The Hall–Kier alpha value is -3.70. The average molecular weight is 575 g/mol. The van der Waals surface area contributed by atoms with E-state index in [1.807, 2.05) is 0 Å². The van der Waals surface area contributed by atoms with E-state index in [2.05, 4.69) is 15.3 Å². The van der Waals surface area contributed by atoms with Gasteiger partial charge in [0, 0.05) is 59.7 Å². The summed E-state index contributed by atoms with van der Waals surface area (Å²) in [5.41, 5.74) is -2.03. The summed E-state index contributed by atoms with van der Waals surface area (Å²) >= 11 is 6.70. The Morgan fingerprint density at radius 1 is 1.20 bits per heavy atom. The molecule has 5 rings (SSSR count). The second-order valence-electron chi connectivity index (χ2n) is 9.93. The number of rotatable bonds is 7. The fraction of sp³-hybridized carbons (Fsp3) is 0.357. The van der Waals surface area contributed by atoms with Crippen LogP contribution in [0, 0.1) is 17.7 Å². The molecule has 0 bridgehead atoms. The van der Waals surface area contributed by atoms with Crippen molar-refractivity contribution in [2.24, 2.45) is 11.8 Å². The lowest BCUT2D eigenvalue weighted by molar-refractivity contribution is -0.132. The van der Waals surface area contributed by atoms with E-state index in [9.17, 15) is 27.9 Å². The molecular formula is C28H26ClF3N4O4. The summed E-state index contributed by atoms with van der Waals surface area (Å²) in [7, 11) is 1.43. The minimum absolute atomic E-state index is 0.0312. The Bertz CT molecular complexity index is 1420. The van der Waals surface area contributed by atoms with Crippen molar-refractivity contribution in [3.63, 3.8) is 0 Å². The van der Waals surface area contributed by atoms with Crippen LogP contribution in [0.1, 0.15) is 34.3 Å². The van der Waals surface area contributed by atoms with E-state index >= 15 is 0 Å². The summed E-state index contributed by atoms with van der Waals surface area (Å²) in [6.07, 6.45) is 2.16. The first-order valence-electron chi connectivity index (χ1n) is 12.6. The third-order valence-corrected chi connectivity index (χ3v) is 8.20. The van der Waals surface area contributed by atoms with E-state index in [0.717, 1.165) is 6.20 Å². The SMILES string of the molecule is COc1ccc2c(c1)N(C[C@H]1C[C@@H](C(F)F)[C@H](NC(=O)c3cccnc3)C[C@H]1Cl)C(=O)[C@]2(O)c1ccncc1F. The maximum Gasteiger partial charge on any atom is 0.268 e. The predicted molar refractivity (Wildman–Crippen MR) is 140 cm³/mol. The third-order valence-electron chi connectivity index (χ3n) is 7.67. The molecule has 0 saturated heterocycles. The van der Waals surface area contributed by atoms with Crippen LogP contribution in [0.15, 0.2) is 61.2 Å². The van der Waals surface area contributed by atoms with E-state index in [4.69, 9.17) is 16.3 Å². The molecule has 2 N–H and O–H groups in total. The molecule has 210 valence electrons. The summed E-state index contributed by atoms with van der Waals surface area (Å²) in [6, 6.07) is 7.94. The summed E-state index contributed by atoms with van der Waals surface area (Å²) < 4.78 is 48.6. The summed E-state index contributed by atoms with van der Waals surface area (Å²) in [5, 5.41) is 13.6. The zero-order chi connectivity index (χ0) is 28.6. The highest BCUT2D eigenvalue weighted by Crippen LogP contribution is 2.48. The van der Waals surface area contributed by atoms with E-state index in [-0.39, 0.29) is 41.8 Å². The number of pyridine rings is 2. The van der Waals surface area contributed by atoms with Gasteiger partial charge < -0.3 is 20.1 Å². The molecule has 1 aliphatic carbocycles. The van der Waals surface area contributed by atoms with Crippen LogP contribution in [0.2, 0.25) is 0 Å². The van der Waals surface area contributed by atoms with Crippen LogP contribution in [0.4, 0.5) is 18.9 Å². The fourth-order valence-electron chi connectivity index (χ4n) is 5.59. The molecular weight excluding hydrogens is 549 g/mol. The number of benzene rings is 1. The maximum atomic E-state index is 14.8. The predicted octanol–water partition coefficient (Wildman–Crippen LogP) is 3.90. The molecule has 2 amide bonds. The first-order chi connectivity index (χ1) is 19.1. The van der Waals surface area contributed by atoms with Gasteiger partial charge in [0.15, 0.2) is 5.60 Å². The third kappa shape index (κ3) is 4.88. The van der Waals surface area contributed by atoms with Gasteiger partial charge in [-0.15, -0.1) is 11.6 Å². The van der Waals surface area contributed by atoms with Gasteiger partial charge in [-0.1, -0.05) is 0 Å². The number of nitrogens with zero attached hydrogens (tertiary/aromatic N) is 3. The number of fused-ring (bicyclic) bond motifs is 1. The molecule has 1 fully saturated rings. The lowest BCUT2D eigenvalue weighted by atomic mass is 9.77. The van der Waals surface area contributed by atoms with E-state index in [0.29, 0.717) is 5.75 Å². The average Bonchev–Trinajstić information content (AvgIpc) is 3.16. The number of hydrogen-bond acceptors (Lipinski definition) is 6. The van der Waals surface area contributed by atoms with Crippen molar-refractivity contribution in [2.45, 2.75) is 36.3 Å². The quantitative estimate of drug-likeness (QED) is 0.415. The van der Waals surface area contributed by atoms with Gasteiger partial charge >= 0.3 is 0 Å². The molecule has 5 atom stereocenters. The summed E-state index contributed by atoms with van der Waals surface area (Å²) in [5.74, 6) is -3.73. The number of methoxy groups -OCH3 is 1. The van der Waals surface area contributed by atoms with Crippen LogP contribution in [-0.4, -0.2) is 58.4 Å². The minimum atomic E-state index is -2.77. The molecule has 3 aromatic rings. The van der Waals surface area contributed by atoms with Crippen LogP contribution >= 0.6 is 11.6 Å². The molecule has 1 aromatic carbocycles. The maximum absolute atomic E-state index is 14.8. The number of aromatic nitrogens is 2. The normalized spacial score (nSPS) is 26.1. The van der Waals surface area contributed by atoms with Gasteiger partial charge in [-0.05, 0) is 49.1 Å². The van der Waals surface area contributed by atoms with Crippen molar-refractivity contribution in [3.8, 4) is 5.75 Å². The van der Waals surface area contributed by atoms with Gasteiger partial charge in [0.1, 0.15) is 11.6 Å². The second-order valence-corrected chi connectivity index (χ2v) is 10.5. The van der Waals surface area contributed by atoms with Crippen LogP contribution in [0.3, 0.4) is 0 Å². The molecule has 2 aromatic heterocycles. The van der Waals surface area contributed by atoms with Gasteiger partial charge in [-0.3, -0.25) is 19.6 Å². The van der Waals surface area contributed by atoms with Gasteiger partial charge in [-0.25, -0.2) is 13.2 Å². The van der Waals surface area contributed by atoms with Gasteiger partial charge in [0.05, 0.1) is 24.6 Å². The molecule has 8 nitrogen and oxygen atoms in total. The molecule has 3 heterocycles. The first kappa shape index (κ1) is 27.9. The topological polar surface area (TPSA) is 105 Å². The number of alkyl halides is 3. The minimum Gasteiger partial charge on any atom is -0.497 e. The van der Waals surface area contributed by atoms with Crippen LogP contribution < -0.4 is 15.0 Å². The highest BCUT2D eigenvalue weighted by Gasteiger charge is 2.54. The number of carbonyl (C=O) groups excluding carboxylic acids is 2. The Kier molecular flexibility index (Phi) is 7.70. The van der Waals surface area contributed by atoms with Crippen LogP contribution in [0.25, 0.3) is 0 Å². The number of anilines is 1. The first-order valence-corrected chi connectivity index (χ1v) is 13.0. The second kappa shape index (κ2) is 11.1. The van der Waals surface area contributed by atoms with E-state index < -0.39 is 52.9 Å². The summed E-state index contributed by atoms with van der Waals surface area (Å²) in [6.45, 7) is -0.116. The lowest BCUT2D eigenvalue weighted by Crippen LogP contribution is -2.52. The smallest absolute Gasteiger partial charge is 0.268 e. The highest BCUT2D eigenvalue weighted by molar-refractivity contribution is 6.21. The highest BCUT2D eigenvalue weighted by atomic mass is 35.5. The number of carbonyl (C=O) groups is 2. The Balaban J connectivity index is 1.43. The van der Waals surface area contributed by atoms with Crippen molar-refractivity contribution in [2.75, 3.05) is 18.6 Å². The molecule has 2 aliphatic rings. The molecule has 0 unspecified atom stereocenters. The van der Waals surface area contributed by atoms with Gasteiger partial charge in [-0.2, -0.15) is 0 Å². The lowest BCUT2D eigenvalue weighted by Gasteiger charge is -2.40. The molecule has 0 spiro atoms. The Morgan fingerprint density at radius 3 is 2.65 bits per heavy atom. The fourth-order valence-corrected chi connectivity index (χ4v) is 5.96. The molecule has 1 saturated carbocycles. The largest absolute Gasteiger partial charge is 0.497 e. The number of amides is 2. The number of aliphatic hydroxyl groups is 1. The Morgan fingerprint density at radius 2 is 1.98 bits per heavy atom. The van der Waals surface area contributed by atoms with Crippen molar-refractivity contribution < 1.29 is 32.6 Å². The van der Waals surface area contributed by atoms with Crippen LogP contribution in [-0.2, 0) is 10.4 Å². The van der Waals surface area contributed by atoms with Crippen molar-refractivity contribution in [3.05, 3.63) is 83.7 Å². The van der Waals surface area contributed by atoms with Crippen LogP contribution in [0.5, 0.6) is 5.75 Å². The molecule has 40 heavy (non-hydrogen) atoms. The van der Waals surface area contributed by atoms with Crippen molar-refractivity contribution in [1.29, 1.82) is 0 Å². The summed E-state index contributed by atoms with van der Waals surface area (Å²) in [4.78, 5) is 35.3. The standard InChI is InChI=1S/C28H26ClF3N4O4/c1-40-17-4-5-20-24(10-17)36(27(38)28(20,39)19-6-8-34-13-22(19)30)14-16-9-18(25(31)32)23(11-21(16)29)35-26(37)15-3-2-7-33-12-15/h2-8,10,12-13,16,18,21,23,25,39H,9,11,14H2,1H3,(H,35,37)/t16-,18-,21-,23-,28+/m1/s1. The number of halogens is 4. The van der Waals surface area contributed by atoms with Gasteiger partial charge in [0.2, 0.25) is 6.43 Å². The zero-order valence-electron chi connectivity index (χ0n) is 21.3. The van der Waals surface area contributed by atoms with Crippen molar-refractivity contribution >= 4 is 29.1 Å². The zero-order valence-corrected chi connectivity index (χ0v) is 22.1. The van der Waals surface area contributed by atoms with Gasteiger partial charge in [0.25, 0.3) is 11.8 Å². The van der Waals surface area contributed by atoms with E-state index in [1.165, 1.54) is 60.9 Å². The molecule has 12 heteroatoms. The van der Waals surface area contributed by atoms with E-state index in [1.54, 1.807) is 6.07 Å². The Labute approximate surface area is 233 Å².